The van der Waals surface area contributed by atoms with Crippen LogP contribution in [-0.4, -0.2) is 61.6 Å². The summed E-state index contributed by atoms with van der Waals surface area (Å²) in [6, 6.07) is 2.38. The lowest BCUT2D eigenvalue weighted by molar-refractivity contribution is -0.132. The molecule has 0 unspecified atom stereocenters. The number of nitrogens with zero attached hydrogens (tertiary/aromatic N) is 2. The van der Waals surface area contributed by atoms with Crippen molar-refractivity contribution < 1.29 is 9.53 Å². The number of hydrogen-bond donors (Lipinski definition) is 0. The predicted octanol–water partition coefficient (Wildman–Crippen LogP) is 1.08. The maximum Gasteiger partial charge on any atom is 0.227 e. The molecule has 2 fully saturated rings. The second kappa shape index (κ2) is 5.61. The molecular weight excluding hydrogens is 260 g/mol. The number of rotatable bonds is 2. The summed E-state index contributed by atoms with van der Waals surface area (Å²) in [7, 11) is 2.14. The summed E-state index contributed by atoms with van der Waals surface area (Å²) in [5.41, 5.74) is 1.13. The van der Waals surface area contributed by atoms with E-state index in [9.17, 15) is 4.79 Å². The van der Waals surface area contributed by atoms with Crippen molar-refractivity contribution >= 4 is 17.2 Å². The highest BCUT2D eigenvalue weighted by Crippen LogP contribution is 2.19. The molecule has 1 aromatic rings. The molecule has 1 amide bonds. The molecule has 0 aromatic carbocycles. The zero-order valence-corrected chi connectivity index (χ0v) is 12.1. The molecule has 1 aromatic heterocycles. The van der Waals surface area contributed by atoms with E-state index in [2.05, 4.69) is 17.3 Å². The van der Waals surface area contributed by atoms with Gasteiger partial charge < -0.3 is 9.64 Å². The lowest BCUT2D eigenvalue weighted by Gasteiger charge is -2.29. The number of hydrogen-bond acceptors (Lipinski definition) is 4. The Kier molecular flexibility index (Phi) is 3.86. The summed E-state index contributed by atoms with van der Waals surface area (Å²) in [6.45, 7) is 4.20. The number of carbonyl (C=O) groups is 1. The minimum absolute atomic E-state index is 0.255. The van der Waals surface area contributed by atoms with Gasteiger partial charge in [-0.25, -0.2) is 0 Å². The van der Waals surface area contributed by atoms with Gasteiger partial charge in [0.1, 0.15) is 0 Å². The lowest BCUT2D eigenvalue weighted by Crippen LogP contribution is -2.45. The van der Waals surface area contributed by atoms with Crippen molar-refractivity contribution in [2.75, 3.05) is 39.9 Å². The fourth-order valence-corrected chi connectivity index (χ4v) is 3.60. The van der Waals surface area contributed by atoms with E-state index in [1.165, 1.54) is 0 Å². The molecular formula is C14H20N2O2S. The van der Waals surface area contributed by atoms with E-state index in [0.717, 1.165) is 38.4 Å². The molecule has 5 heteroatoms. The Morgan fingerprint density at radius 2 is 2.32 bits per heavy atom. The minimum atomic E-state index is 0.255. The molecule has 2 saturated heterocycles. The summed E-state index contributed by atoms with van der Waals surface area (Å²) in [6.07, 6.45) is 0.535. The van der Waals surface area contributed by atoms with Crippen LogP contribution < -0.4 is 0 Å². The summed E-state index contributed by atoms with van der Waals surface area (Å²) in [5, 5.41) is 4.09. The number of fused-ring (bicyclic) bond motifs is 3. The van der Waals surface area contributed by atoms with Gasteiger partial charge in [0.15, 0.2) is 0 Å². The van der Waals surface area contributed by atoms with Gasteiger partial charge in [0.2, 0.25) is 5.91 Å². The molecule has 2 atom stereocenters. The van der Waals surface area contributed by atoms with Crippen molar-refractivity contribution in [2.24, 2.45) is 5.92 Å². The van der Waals surface area contributed by atoms with Crippen LogP contribution in [0.4, 0.5) is 0 Å². The number of amides is 1. The van der Waals surface area contributed by atoms with E-state index in [1.54, 1.807) is 11.3 Å². The third kappa shape index (κ3) is 2.99. The normalized spacial score (nSPS) is 28.2. The number of likely N-dealkylation sites (N-methyl/N-ethyl adjacent to an activating group) is 1. The molecule has 2 aliphatic rings. The molecule has 19 heavy (non-hydrogen) atoms. The first-order chi connectivity index (χ1) is 9.22. The highest BCUT2D eigenvalue weighted by Gasteiger charge is 2.33. The second-order valence-electron chi connectivity index (χ2n) is 5.60. The third-order valence-corrected chi connectivity index (χ3v) is 4.76. The molecule has 3 heterocycles. The van der Waals surface area contributed by atoms with Gasteiger partial charge in [0.05, 0.1) is 25.7 Å². The SMILES string of the molecule is CN1C[C@H]2COC[C@@H]1CN(C(=O)Cc1ccsc1)C2. The first-order valence-electron chi connectivity index (χ1n) is 6.79. The van der Waals surface area contributed by atoms with Crippen molar-refractivity contribution in [3.63, 3.8) is 0 Å². The van der Waals surface area contributed by atoms with Crippen LogP contribution in [-0.2, 0) is 16.0 Å². The molecule has 4 nitrogen and oxygen atoms in total. The van der Waals surface area contributed by atoms with Crippen LogP contribution in [0.5, 0.6) is 0 Å². The molecule has 0 spiro atoms. The summed E-state index contributed by atoms with van der Waals surface area (Å²) < 4.78 is 5.69. The lowest BCUT2D eigenvalue weighted by atomic mass is 10.1. The van der Waals surface area contributed by atoms with Crippen molar-refractivity contribution in [1.29, 1.82) is 0 Å². The van der Waals surface area contributed by atoms with Crippen LogP contribution in [0, 0.1) is 5.92 Å². The molecule has 0 radical (unpaired) electrons. The van der Waals surface area contributed by atoms with Crippen LogP contribution in [0.25, 0.3) is 0 Å². The highest BCUT2D eigenvalue weighted by molar-refractivity contribution is 7.07. The van der Waals surface area contributed by atoms with Gasteiger partial charge in [-0.05, 0) is 29.4 Å². The largest absolute Gasteiger partial charge is 0.379 e. The molecule has 3 rings (SSSR count). The minimum Gasteiger partial charge on any atom is -0.379 e. The van der Waals surface area contributed by atoms with Crippen LogP contribution in [0.3, 0.4) is 0 Å². The quantitative estimate of drug-likeness (QED) is 0.813. The average molecular weight is 280 g/mol. The van der Waals surface area contributed by atoms with Gasteiger partial charge >= 0.3 is 0 Å². The van der Waals surface area contributed by atoms with Gasteiger partial charge in [0, 0.05) is 25.6 Å². The third-order valence-electron chi connectivity index (χ3n) is 4.03. The Hall–Kier alpha value is -0.910. The maximum absolute atomic E-state index is 12.4. The van der Waals surface area contributed by atoms with E-state index < -0.39 is 0 Å². The summed E-state index contributed by atoms with van der Waals surface area (Å²) in [4.78, 5) is 16.8. The number of ether oxygens (including phenoxy) is 1. The Morgan fingerprint density at radius 3 is 3.11 bits per heavy atom. The smallest absolute Gasteiger partial charge is 0.227 e. The molecule has 2 bridgehead atoms. The topological polar surface area (TPSA) is 32.8 Å². The Labute approximate surface area is 118 Å². The summed E-state index contributed by atoms with van der Waals surface area (Å²) >= 11 is 1.65. The number of carbonyl (C=O) groups excluding carboxylic acids is 1. The van der Waals surface area contributed by atoms with Crippen LogP contribution >= 0.6 is 11.3 Å². The first-order valence-corrected chi connectivity index (χ1v) is 7.73. The molecule has 0 N–H and O–H groups in total. The van der Waals surface area contributed by atoms with Crippen molar-refractivity contribution in [2.45, 2.75) is 12.5 Å². The van der Waals surface area contributed by atoms with E-state index in [-0.39, 0.29) is 5.91 Å². The molecule has 0 saturated carbocycles. The second-order valence-corrected chi connectivity index (χ2v) is 6.38. The predicted molar refractivity (Wildman–Crippen MR) is 75.3 cm³/mol. The average Bonchev–Trinajstić information content (AvgIpc) is 2.72. The maximum atomic E-state index is 12.4. The van der Waals surface area contributed by atoms with E-state index in [0.29, 0.717) is 18.4 Å². The number of thiophene rings is 1. The van der Waals surface area contributed by atoms with Gasteiger partial charge in [0.25, 0.3) is 0 Å². The summed E-state index contributed by atoms with van der Waals surface area (Å²) in [5.74, 6) is 0.703. The van der Waals surface area contributed by atoms with Crippen LogP contribution in [0.15, 0.2) is 16.8 Å². The zero-order chi connectivity index (χ0) is 13.2. The van der Waals surface area contributed by atoms with Gasteiger partial charge in [-0.2, -0.15) is 11.3 Å². The van der Waals surface area contributed by atoms with Gasteiger partial charge in [-0.3, -0.25) is 9.69 Å². The zero-order valence-electron chi connectivity index (χ0n) is 11.2. The Balaban J connectivity index is 1.69. The standard InChI is InChI=1S/C14H20N2O2S/c1-15-5-12-6-16(7-13(15)9-18-8-12)14(17)4-11-2-3-19-10-11/h2-3,10,12-13H,4-9H2,1H3/t12-,13+/m1/s1. The van der Waals surface area contributed by atoms with Crippen LogP contribution in [0.2, 0.25) is 0 Å². The first kappa shape index (κ1) is 13.1. The van der Waals surface area contributed by atoms with Crippen LogP contribution in [0.1, 0.15) is 5.56 Å². The van der Waals surface area contributed by atoms with Crippen molar-refractivity contribution in [1.82, 2.24) is 9.80 Å². The van der Waals surface area contributed by atoms with E-state index in [4.69, 9.17) is 4.74 Å². The fourth-order valence-electron chi connectivity index (χ4n) is 2.93. The van der Waals surface area contributed by atoms with Crippen molar-refractivity contribution in [3.05, 3.63) is 22.4 Å². The Morgan fingerprint density at radius 1 is 1.42 bits per heavy atom. The van der Waals surface area contributed by atoms with E-state index in [1.807, 2.05) is 16.3 Å². The molecule has 2 aliphatic heterocycles. The van der Waals surface area contributed by atoms with Gasteiger partial charge in [-0.1, -0.05) is 0 Å². The van der Waals surface area contributed by atoms with Gasteiger partial charge in [-0.15, -0.1) is 0 Å². The fraction of sp³-hybridized carbons (Fsp3) is 0.643. The monoisotopic (exact) mass is 280 g/mol. The molecule has 104 valence electrons. The molecule has 0 aliphatic carbocycles. The highest BCUT2D eigenvalue weighted by atomic mass is 32.1. The van der Waals surface area contributed by atoms with E-state index >= 15 is 0 Å². The Bertz CT molecular complexity index is 435. The van der Waals surface area contributed by atoms with Crippen molar-refractivity contribution in [3.8, 4) is 0 Å².